The van der Waals surface area contributed by atoms with Crippen LogP contribution in [0.1, 0.15) is 131 Å². The van der Waals surface area contributed by atoms with Crippen LogP contribution in [-0.2, 0) is 64.2 Å². The molecule has 2 heterocycles. The Morgan fingerprint density at radius 3 is 1.38 bits per heavy atom. The number of carbonyl (C=O) groups is 6. The largest absolute Gasteiger partial charge is 0.444 e. The average Bonchev–Trinajstić information content (AvgIpc) is 3.95. The quantitative estimate of drug-likeness (QED) is 0.0861. The minimum Gasteiger partial charge on any atom is -0.444 e. The fraction of sp³-hybridized carbons (Fsp3) is 0.586. The van der Waals surface area contributed by atoms with Gasteiger partial charge in [0.25, 0.3) is 0 Å². The van der Waals surface area contributed by atoms with E-state index >= 15 is 0 Å². The van der Waals surface area contributed by atoms with E-state index in [-0.39, 0.29) is 68.3 Å². The number of alkyl carbamates (subject to hydrolysis) is 2. The van der Waals surface area contributed by atoms with Gasteiger partial charge in [0, 0.05) is 51.5 Å². The highest BCUT2D eigenvalue weighted by molar-refractivity contribution is 5.92. The Morgan fingerprint density at radius 1 is 0.541 bits per heavy atom. The number of hydrogen-bond donors (Lipinski definition) is 4. The molecule has 16 heteroatoms. The standard InChI is InChI=1S/C58H84N6O10/c1-55(2,3)47(61-53(69)73-57(7,8)9)27-28-48(65)63-35-43(33-45(63)50(66)59-31-29-39-19-15-13-16-20-39)71-37-41-23-25-42(26-24-41)38-72-44-34-46(51(67)60-32-30-40-21-17-14-18-22-40)64(36-44)52(68)49(56(4,5)6)62-54(70)74-58(10,11)12/h13-26,43-47,49H,27-38H2,1-12H3,(H,59,66)(H,60,67)(H,61,69)(H,62,70)/t43-,44-,45-,46-,47+,49+/m0/s1. The van der Waals surface area contributed by atoms with E-state index in [1.54, 1.807) is 46.4 Å². The molecule has 2 fully saturated rings. The first-order valence-corrected chi connectivity index (χ1v) is 26.2. The minimum absolute atomic E-state index is 0.113. The molecule has 74 heavy (non-hydrogen) atoms. The molecule has 0 radical (unpaired) electrons. The van der Waals surface area contributed by atoms with E-state index < -0.39 is 65.0 Å². The topological polar surface area (TPSA) is 194 Å². The predicted molar refractivity (Wildman–Crippen MR) is 285 cm³/mol. The van der Waals surface area contributed by atoms with Crippen molar-refractivity contribution >= 4 is 35.8 Å². The van der Waals surface area contributed by atoms with E-state index in [1.807, 2.05) is 126 Å². The Labute approximate surface area is 439 Å². The SMILES string of the molecule is CC(C)(C)OC(=O)N[C@H](C(=O)N1C[C@@H](OCc2ccc(CO[C@H]3C[C@@H](C(=O)NCCc4ccccc4)N(C(=O)CC[C@@H](NC(=O)OC(C)(C)C)C(C)(C)C)C3)cc2)C[C@H]1C(=O)NCCc1ccccc1)C(C)(C)C. The lowest BCUT2D eigenvalue weighted by Gasteiger charge is -2.35. The summed E-state index contributed by atoms with van der Waals surface area (Å²) in [7, 11) is 0. The summed E-state index contributed by atoms with van der Waals surface area (Å²) in [6.07, 6.45) is 0.209. The second-order valence-corrected chi connectivity index (χ2v) is 23.8. The summed E-state index contributed by atoms with van der Waals surface area (Å²) in [5.41, 5.74) is 1.41. The molecule has 0 unspecified atom stereocenters. The van der Waals surface area contributed by atoms with Gasteiger partial charge in [-0.25, -0.2) is 9.59 Å². The number of benzene rings is 3. The molecule has 0 aromatic heterocycles. The summed E-state index contributed by atoms with van der Waals surface area (Å²) in [6, 6.07) is 24.6. The van der Waals surface area contributed by atoms with Crippen LogP contribution in [0.15, 0.2) is 84.9 Å². The van der Waals surface area contributed by atoms with Crippen LogP contribution >= 0.6 is 0 Å². The van der Waals surface area contributed by atoms with Crippen molar-refractivity contribution in [2.45, 2.75) is 182 Å². The number of likely N-dealkylation sites (tertiary alicyclic amines) is 2. The fourth-order valence-corrected chi connectivity index (χ4v) is 9.02. The maximum Gasteiger partial charge on any atom is 0.408 e. The van der Waals surface area contributed by atoms with Gasteiger partial charge in [-0.1, -0.05) is 126 Å². The van der Waals surface area contributed by atoms with Gasteiger partial charge in [0.05, 0.1) is 25.4 Å². The molecule has 0 spiro atoms. The summed E-state index contributed by atoms with van der Waals surface area (Å²) < 4.78 is 23.9. The van der Waals surface area contributed by atoms with E-state index in [0.29, 0.717) is 38.8 Å². The van der Waals surface area contributed by atoms with Gasteiger partial charge in [-0.05, 0) is 93.9 Å². The Balaban J connectivity index is 1.21. The van der Waals surface area contributed by atoms with Gasteiger partial charge in [-0.15, -0.1) is 0 Å². The van der Waals surface area contributed by atoms with Crippen molar-refractivity contribution in [1.29, 1.82) is 0 Å². The van der Waals surface area contributed by atoms with Crippen molar-refractivity contribution in [1.82, 2.24) is 31.1 Å². The maximum absolute atomic E-state index is 14.4. The molecule has 0 aliphatic carbocycles. The van der Waals surface area contributed by atoms with E-state index in [4.69, 9.17) is 18.9 Å². The van der Waals surface area contributed by atoms with Crippen LogP contribution in [0.25, 0.3) is 0 Å². The van der Waals surface area contributed by atoms with Crippen molar-refractivity contribution in [3.8, 4) is 0 Å². The first-order valence-electron chi connectivity index (χ1n) is 26.2. The fourth-order valence-electron chi connectivity index (χ4n) is 9.02. The third-order valence-corrected chi connectivity index (χ3v) is 13.0. The summed E-state index contributed by atoms with van der Waals surface area (Å²) in [6.45, 7) is 23.9. The summed E-state index contributed by atoms with van der Waals surface area (Å²) in [5, 5.41) is 11.8. The van der Waals surface area contributed by atoms with E-state index in [9.17, 15) is 28.8 Å². The van der Waals surface area contributed by atoms with Gasteiger partial charge >= 0.3 is 12.2 Å². The lowest BCUT2D eigenvalue weighted by Crippen LogP contribution is -2.58. The molecular formula is C58H84N6O10. The Morgan fingerprint density at radius 2 is 0.959 bits per heavy atom. The number of rotatable bonds is 20. The van der Waals surface area contributed by atoms with Crippen LogP contribution in [0.4, 0.5) is 9.59 Å². The molecular weight excluding hydrogens is 941 g/mol. The molecule has 0 bridgehead atoms. The Kier molecular flexibility index (Phi) is 20.7. The molecule has 406 valence electrons. The number of hydrogen-bond acceptors (Lipinski definition) is 10. The van der Waals surface area contributed by atoms with Crippen LogP contribution < -0.4 is 21.3 Å². The highest BCUT2D eigenvalue weighted by Crippen LogP contribution is 2.30. The molecule has 6 atom stereocenters. The van der Waals surface area contributed by atoms with Crippen LogP contribution in [0.2, 0.25) is 0 Å². The summed E-state index contributed by atoms with van der Waals surface area (Å²) in [4.78, 5) is 85.0. The highest BCUT2D eigenvalue weighted by atomic mass is 16.6. The molecule has 2 saturated heterocycles. The van der Waals surface area contributed by atoms with Gasteiger partial charge in [0.2, 0.25) is 23.6 Å². The second-order valence-electron chi connectivity index (χ2n) is 23.8. The van der Waals surface area contributed by atoms with Gasteiger partial charge < -0.3 is 50.0 Å². The van der Waals surface area contributed by atoms with Gasteiger partial charge in [0.1, 0.15) is 29.3 Å². The Bertz CT molecular complexity index is 2320. The molecule has 5 rings (SSSR count). The normalized spacial score (nSPS) is 19.0. The molecule has 3 aromatic rings. The van der Waals surface area contributed by atoms with Crippen molar-refractivity contribution < 1.29 is 47.7 Å². The third kappa shape index (κ3) is 19.0. The average molecular weight is 1030 g/mol. The smallest absolute Gasteiger partial charge is 0.408 e. The van der Waals surface area contributed by atoms with Crippen molar-refractivity contribution in [2.75, 3.05) is 26.2 Å². The lowest BCUT2D eigenvalue weighted by atomic mass is 9.84. The number of carbonyl (C=O) groups excluding carboxylic acids is 6. The summed E-state index contributed by atoms with van der Waals surface area (Å²) >= 11 is 0. The zero-order valence-corrected chi connectivity index (χ0v) is 46.0. The molecule has 2 aliphatic heterocycles. The molecule has 6 amide bonds. The Hall–Kier alpha value is -6.00. The zero-order chi connectivity index (χ0) is 54.4. The predicted octanol–water partition coefficient (Wildman–Crippen LogP) is 8.04. The zero-order valence-electron chi connectivity index (χ0n) is 46.0. The van der Waals surface area contributed by atoms with Gasteiger partial charge in [0.15, 0.2) is 0 Å². The van der Waals surface area contributed by atoms with E-state index in [0.717, 1.165) is 22.3 Å². The monoisotopic (exact) mass is 1020 g/mol. The van der Waals surface area contributed by atoms with Crippen molar-refractivity contribution in [3.05, 3.63) is 107 Å². The van der Waals surface area contributed by atoms with Crippen LogP contribution in [-0.4, -0.2) is 119 Å². The van der Waals surface area contributed by atoms with Crippen LogP contribution in [0, 0.1) is 10.8 Å². The van der Waals surface area contributed by atoms with E-state index in [2.05, 4.69) is 21.3 Å². The number of ether oxygens (including phenoxy) is 4. The second kappa shape index (κ2) is 26.0. The molecule has 4 N–H and O–H groups in total. The number of nitrogens with one attached hydrogen (secondary N) is 4. The lowest BCUT2D eigenvalue weighted by molar-refractivity contribution is -0.142. The first-order chi connectivity index (χ1) is 34.6. The minimum atomic E-state index is -0.979. The van der Waals surface area contributed by atoms with Crippen LogP contribution in [0.3, 0.4) is 0 Å². The molecule has 2 aliphatic rings. The van der Waals surface area contributed by atoms with Crippen LogP contribution in [0.5, 0.6) is 0 Å². The molecule has 0 saturated carbocycles. The van der Waals surface area contributed by atoms with Gasteiger partial charge in [-0.2, -0.15) is 0 Å². The highest BCUT2D eigenvalue weighted by Gasteiger charge is 2.46. The van der Waals surface area contributed by atoms with E-state index in [1.165, 1.54) is 4.90 Å². The van der Waals surface area contributed by atoms with Gasteiger partial charge in [-0.3, -0.25) is 19.2 Å². The molecule has 16 nitrogen and oxygen atoms in total. The first kappa shape index (κ1) is 58.9. The third-order valence-electron chi connectivity index (χ3n) is 13.0. The number of amides is 6. The maximum atomic E-state index is 14.4. The van der Waals surface area contributed by atoms with Crippen molar-refractivity contribution in [2.24, 2.45) is 10.8 Å². The molecule has 3 aromatic carbocycles. The summed E-state index contributed by atoms with van der Waals surface area (Å²) in [5.74, 6) is -1.12. The van der Waals surface area contributed by atoms with Crippen molar-refractivity contribution in [3.63, 3.8) is 0 Å². The number of nitrogens with zero attached hydrogens (tertiary/aromatic N) is 2.